The minimum Gasteiger partial charge on any atom is -0.454 e. The van der Waals surface area contributed by atoms with Gasteiger partial charge < -0.3 is 10.1 Å². The molecule has 3 rings (SSSR count). The smallest absolute Gasteiger partial charge is 0.324 e. The van der Waals surface area contributed by atoms with Crippen LogP contribution in [0.4, 0.5) is 5.69 Å². The maximum absolute atomic E-state index is 12.9. The Hall–Kier alpha value is -2.42. The van der Waals surface area contributed by atoms with Crippen LogP contribution >= 0.6 is 11.6 Å². The lowest BCUT2D eigenvalue weighted by Gasteiger charge is -2.22. The van der Waals surface area contributed by atoms with E-state index in [1.54, 1.807) is 0 Å². The number of amides is 1. The van der Waals surface area contributed by atoms with Gasteiger partial charge in [0.25, 0.3) is 5.91 Å². The first-order valence-electron chi connectivity index (χ1n) is 9.50. The first kappa shape index (κ1) is 22.3. The van der Waals surface area contributed by atoms with Gasteiger partial charge in [0.2, 0.25) is 10.0 Å². The first-order chi connectivity index (χ1) is 14.2. The SMILES string of the molecule is Cc1cccc(C)c1NC(=O)COC(=O)[C@@H]1CCCN1S(=O)(=O)c1ccc(Cl)cc1. The number of rotatable bonds is 6. The Morgan fingerprint density at radius 3 is 2.40 bits per heavy atom. The summed E-state index contributed by atoms with van der Waals surface area (Å²) in [6.07, 6.45) is 0.866. The standard InChI is InChI=1S/C21H23ClN2O5S/c1-14-5-3-6-15(2)20(14)23-19(25)13-29-21(26)18-7-4-12-24(18)30(27,28)17-10-8-16(22)9-11-17/h3,5-6,8-11,18H,4,7,12-13H2,1-2H3,(H,23,25)/t18-/m0/s1. The number of esters is 1. The number of ether oxygens (including phenoxy) is 1. The van der Waals surface area contributed by atoms with Gasteiger partial charge in [-0.2, -0.15) is 4.31 Å². The Morgan fingerprint density at radius 1 is 1.13 bits per heavy atom. The normalized spacial score (nSPS) is 17.0. The molecule has 1 saturated heterocycles. The van der Waals surface area contributed by atoms with Gasteiger partial charge >= 0.3 is 5.97 Å². The third-order valence-electron chi connectivity index (χ3n) is 4.99. The van der Waals surface area contributed by atoms with E-state index in [4.69, 9.17) is 16.3 Å². The summed E-state index contributed by atoms with van der Waals surface area (Å²) in [5.74, 6) is -1.22. The second-order valence-corrected chi connectivity index (χ2v) is 9.48. The molecule has 1 aliphatic heterocycles. The molecule has 0 spiro atoms. The van der Waals surface area contributed by atoms with Crippen molar-refractivity contribution in [2.75, 3.05) is 18.5 Å². The number of nitrogens with one attached hydrogen (secondary N) is 1. The minimum atomic E-state index is -3.87. The Bertz CT molecular complexity index is 1030. The first-order valence-corrected chi connectivity index (χ1v) is 11.3. The Kier molecular flexibility index (Phi) is 6.80. The van der Waals surface area contributed by atoms with Crippen LogP contribution in [-0.4, -0.2) is 43.8 Å². The third kappa shape index (κ3) is 4.83. The number of aryl methyl sites for hydroxylation is 2. The molecule has 2 aromatic carbocycles. The van der Waals surface area contributed by atoms with Gasteiger partial charge in [0, 0.05) is 17.3 Å². The number of hydrogen-bond donors (Lipinski definition) is 1. The quantitative estimate of drug-likeness (QED) is 0.681. The van der Waals surface area contributed by atoms with E-state index in [9.17, 15) is 18.0 Å². The molecular weight excluding hydrogens is 428 g/mol. The number of nitrogens with zero attached hydrogens (tertiary/aromatic N) is 1. The summed E-state index contributed by atoms with van der Waals surface area (Å²) in [4.78, 5) is 24.8. The van der Waals surface area contributed by atoms with Crippen LogP contribution in [0.3, 0.4) is 0 Å². The number of carbonyl (C=O) groups is 2. The molecule has 0 bridgehead atoms. The van der Waals surface area contributed by atoms with Crippen LogP contribution in [0.2, 0.25) is 5.02 Å². The molecule has 1 aliphatic rings. The lowest BCUT2D eigenvalue weighted by Crippen LogP contribution is -2.42. The van der Waals surface area contributed by atoms with Crippen molar-refractivity contribution in [1.82, 2.24) is 4.31 Å². The van der Waals surface area contributed by atoms with Gasteiger partial charge in [0.15, 0.2) is 6.61 Å². The second-order valence-electron chi connectivity index (χ2n) is 7.15. The predicted molar refractivity (Wildman–Crippen MR) is 114 cm³/mol. The van der Waals surface area contributed by atoms with Crippen LogP contribution in [0.5, 0.6) is 0 Å². The van der Waals surface area contributed by atoms with Crippen LogP contribution in [-0.2, 0) is 24.3 Å². The van der Waals surface area contributed by atoms with E-state index in [-0.39, 0.29) is 11.4 Å². The zero-order chi connectivity index (χ0) is 21.9. The highest BCUT2D eigenvalue weighted by Gasteiger charge is 2.40. The van der Waals surface area contributed by atoms with Crippen LogP contribution in [0.25, 0.3) is 0 Å². The monoisotopic (exact) mass is 450 g/mol. The van der Waals surface area contributed by atoms with Gasteiger partial charge in [-0.3, -0.25) is 9.59 Å². The fraction of sp³-hybridized carbons (Fsp3) is 0.333. The zero-order valence-electron chi connectivity index (χ0n) is 16.7. The summed E-state index contributed by atoms with van der Waals surface area (Å²) in [5.41, 5.74) is 2.46. The minimum absolute atomic E-state index is 0.0550. The van der Waals surface area contributed by atoms with Crippen molar-refractivity contribution < 1.29 is 22.7 Å². The average molecular weight is 451 g/mol. The van der Waals surface area contributed by atoms with E-state index in [2.05, 4.69) is 5.32 Å². The fourth-order valence-corrected chi connectivity index (χ4v) is 5.20. The van der Waals surface area contributed by atoms with Gasteiger partial charge in [-0.15, -0.1) is 0 Å². The molecular formula is C21H23ClN2O5S. The number of para-hydroxylation sites is 1. The number of anilines is 1. The van der Waals surface area contributed by atoms with Gasteiger partial charge in [-0.1, -0.05) is 29.8 Å². The molecule has 1 heterocycles. The van der Waals surface area contributed by atoms with E-state index >= 15 is 0 Å². The molecule has 9 heteroatoms. The van der Waals surface area contributed by atoms with Crippen LogP contribution in [0.15, 0.2) is 47.4 Å². The number of sulfonamides is 1. The fourth-order valence-electron chi connectivity index (χ4n) is 3.43. The number of halogens is 1. The molecule has 1 N–H and O–H groups in total. The molecule has 30 heavy (non-hydrogen) atoms. The number of hydrogen-bond acceptors (Lipinski definition) is 5. The highest BCUT2D eigenvalue weighted by atomic mass is 35.5. The summed E-state index contributed by atoms with van der Waals surface area (Å²) in [6.45, 7) is 3.45. The van der Waals surface area contributed by atoms with Crippen LogP contribution in [0, 0.1) is 13.8 Å². The third-order valence-corrected chi connectivity index (χ3v) is 7.16. The molecule has 0 saturated carbocycles. The zero-order valence-corrected chi connectivity index (χ0v) is 18.3. The largest absolute Gasteiger partial charge is 0.454 e. The lowest BCUT2D eigenvalue weighted by atomic mass is 10.1. The average Bonchev–Trinajstić information content (AvgIpc) is 3.20. The lowest BCUT2D eigenvalue weighted by molar-refractivity contribution is -0.150. The number of carbonyl (C=O) groups excluding carboxylic acids is 2. The van der Waals surface area contributed by atoms with Crippen molar-refractivity contribution in [3.8, 4) is 0 Å². The van der Waals surface area contributed by atoms with Crippen LogP contribution < -0.4 is 5.32 Å². The van der Waals surface area contributed by atoms with Gasteiger partial charge in [0.1, 0.15) is 6.04 Å². The molecule has 0 aliphatic carbocycles. The summed E-state index contributed by atoms with van der Waals surface area (Å²) in [6, 6.07) is 10.4. The summed E-state index contributed by atoms with van der Waals surface area (Å²) in [7, 11) is -3.87. The maximum Gasteiger partial charge on any atom is 0.324 e. The Labute approximate surface area is 181 Å². The van der Waals surface area contributed by atoms with Gasteiger partial charge in [-0.25, -0.2) is 8.42 Å². The molecule has 0 radical (unpaired) electrons. The molecule has 2 aromatic rings. The predicted octanol–water partition coefficient (Wildman–Crippen LogP) is 3.29. The summed E-state index contributed by atoms with van der Waals surface area (Å²) in [5, 5.41) is 3.15. The van der Waals surface area contributed by atoms with Crippen LogP contribution in [0.1, 0.15) is 24.0 Å². The van der Waals surface area contributed by atoms with Crippen molar-refractivity contribution >= 4 is 39.2 Å². The molecule has 7 nitrogen and oxygen atoms in total. The van der Waals surface area contributed by atoms with Crippen molar-refractivity contribution in [3.05, 3.63) is 58.6 Å². The van der Waals surface area contributed by atoms with E-state index in [1.807, 2.05) is 32.0 Å². The molecule has 1 amide bonds. The summed E-state index contributed by atoms with van der Waals surface area (Å²) < 4.78 is 32.1. The van der Waals surface area contributed by atoms with Crippen molar-refractivity contribution in [2.24, 2.45) is 0 Å². The molecule has 0 aromatic heterocycles. The summed E-state index contributed by atoms with van der Waals surface area (Å²) >= 11 is 5.83. The molecule has 1 fully saturated rings. The topological polar surface area (TPSA) is 92.8 Å². The van der Waals surface area contributed by atoms with Gasteiger partial charge in [-0.05, 0) is 62.1 Å². The van der Waals surface area contributed by atoms with E-state index < -0.39 is 34.5 Å². The molecule has 1 atom stereocenters. The highest BCUT2D eigenvalue weighted by Crippen LogP contribution is 2.27. The Balaban J connectivity index is 1.64. The maximum atomic E-state index is 12.9. The van der Waals surface area contributed by atoms with Gasteiger partial charge in [0.05, 0.1) is 4.90 Å². The van der Waals surface area contributed by atoms with E-state index in [0.717, 1.165) is 15.4 Å². The highest BCUT2D eigenvalue weighted by molar-refractivity contribution is 7.89. The second kappa shape index (κ2) is 9.16. The van der Waals surface area contributed by atoms with Crippen molar-refractivity contribution in [2.45, 2.75) is 37.6 Å². The molecule has 160 valence electrons. The van der Waals surface area contributed by atoms with E-state index in [1.165, 1.54) is 24.3 Å². The Morgan fingerprint density at radius 2 is 1.77 bits per heavy atom. The van der Waals surface area contributed by atoms with Crippen molar-refractivity contribution in [3.63, 3.8) is 0 Å². The van der Waals surface area contributed by atoms with E-state index in [0.29, 0.717) is 23.6 Å². The number of benzene rings is 2. The molecule has 0 unspecified atom stereocenters. The van der Waals surface area contributed by atoms with Crippen molar-refractivity contribution in [1.29, 1.82) is 0 Å².